The largest absolute Gasteiger partial charge is 0.507 e. The monoisotopic (exact) mass is 229 g/mol. The molecule has 0 spiro atoms. The van der Waals surface area contributed by atoms with Crippen molar-refractivity contribution >= 4 is 23.1 Å². The van der Waals surface area contributed by atoms with Crippen LogP contribution in [0.2, 0.25) is 0 Å². The van der Waals surface area contributed by atoms with Crippen molar-refractivity contribution in [3.05, 3.63) is 33.9 Å². The summed E-state index contributed by atoms with van der Waals surface area (Å²) in [5.74, 6) is -0.680. The third kappa shape index (κ3) is 2.44. The molecular weight excluding hydrogens is 222 g/mol. The molecule has 1 aromatic rings. The number of Topliss-reactive ketones (excluding diaryl/α,β-unsaturated/α-hetero) is 1. The molecule has 0 saturated heterocycles. The second kappa shape index (κ2) is 4.27. The fraction of sp³-hybridized carbons (Fsp3) is 0.222. The molecule has 15 heavy (non-hydrogen) atoms. The first-order valence-electron chi connectivity index (χ1n) is 4.05. The van der Waals surface area contributed by atoms with Gasteiger partial charge in [-0.1, -0.05) is 0 Å². The Labute approximate surface area is 90.4 Å². The molecule has 0 bridgehead atoms. The smallest absolute Gasteiger partial charge is 0.273 e. The molecule has 5 nitrogen and oxygen atoms in total. The number of carbonyl (C=O) groups is 1. The number of hydrogen-bond donors (Lipinski definition) is 1. The molecule has 0 fully saturated rings. The molecule has 0 aliphatic rings. The molecule has 1 N–H and O–H groups in total. The molecule has 0 aromatic heterocycles. The second-order valence-corrected chi connectivity index (χ2v) is 3.41. The summed E-state index contributed by atoms with van der Waals surface area (Å²) in [6.45, 7) is 1.28. The van der Waals surface area contributed by atoms with E-state index in [1.165, 1.54) is 19.1 Å². The van der Waals surface area contributed by atoms with Crippen LogP contribution in [-0.2, 0) is 4.79 Å². The van der Waals surface area contributed by atoms with Gasteiger partial charge in [0.25, 0.3) is 5.69 Å². The number of phenolic OH excluding ortho intramolecular Hbond substituents is 1. The highest BCUT2D eigenvalue weighted by Gasteiger charge is 2.19. The van der Waals surface area contributed by atoms with Gasteiger partial charge in [0.2, 0.25) is 0 Å². The number of hydrogen-bond acceptors (Lipinski definition) is 4. The Balaban J connectivity index is 3.13. The van der Waals surface area contributed by atoms with Gasteiger partial charge < -0.3 is 5.11 Å². The maximum Gasteiger partial charge on any atom is 0.273 e. The number of benzene rings is 1. The molecule has 1 unspecified atom stereocenters. The maximum absolute atomic E-state index is 10.9. The highest BCUT2D eigenvalue weighted by atomic mass is 35.5. The highest BCUT2D eigenvalue weighted by Crippen LogP contribution is 2.32. The lowest BCUT2D eigenvalue weighted by Gasteiger charge is -2.07. The molecule has 1 aromatic carbocycles. The number of nitrogens with zero attached hydrogens (tertiary/aromatic N) is 1. The third-order valence-electron chi connectivity index (χ3n) is 1.85. The van der Waals surface area contributed by atoms with Crippen LogP contribution < -0.4 is 0 Å². The van der Waals surface area contributed by atoms with Gasteiger partial charge in [0, 0.05) is 11.6 Å². The summed E-state index contributed by atoms with van der Waals surface area (Å²) in [5.41, 5.74) is -0.0709. The molecule has 6 heteroatoms. The van der Waals surface area contributed by atoms with E-state index in [-0.39, 0.29) is 22.8 Å². The normalized spacial score (nSPS) is 12.1. The van der Waals surface area contributed by atoms with Crippen molar-refractivity contribution < 1.29 is 14.8 Å². The summed E-state index contributed by atoms with van der Waals surface area (Å²) in [6.07, 6.45) is 0. The van der Waals surface area contributed by atoms with E-state index in [2.05, 4.69) is 0 Å². The zero-order valence-electron chi connectivity index (χ0n) is 7.81. The quantitative estimate of drug-likeness (QED) is 0.489. The number of phenols is 1. The summed E-state index contributed by atoms with van der Waals surface area (Å²) in [5, 5.41) is 18.8. The number of alkyl halides is 1. The average molecular weight is 230 g/mol. The average Bonchev–Trinajstić information content (AvgIpc) is 2.16. The van der Waals surface area contributed by atoms with Crippen LogP contribution in [0.25, 0.3) is 0 Å². The van der Waals surface area contributed by atoms with Gasteiger partial charge in [0.05, 0.1) is 11.0 Å². The molecule has 0 radical (unpaired) electrons. The SMILES string of the molecule is CC(=O)C(Cl)c1ccc([N+](=O)[O-])cc1O. The number of nitro benzene ring substituents is 1. The van der Waals surface area contributed by atoms with Crippen LogP contribution >= 0.6 is 11.6 Å². The fourth-order valence-corrected chi connectivity index (χ4v) is 1.26. The van der Waals surface area contributed by atoms with E-state index in [0.29, 0.717) is 0 Å². The van der Waals surface area contributed by atoms with Gasteiger partial charge in [-0.25, -0.2) is 0 Å². The Morgan fingerprint density at radius 3 is 2.60 bits per heavy atom. The summed E-state index contributed by atoms with van der Waals surface area (Å²) in [7, 11) is 0. The number of halogens is 1. The van der Waals surface area contributed by atoms with E-state index in [0.717, 1.165) is 6.07 Å². The third-order valence-corrected chi connectivity index (χ3v) is 2.40. The van der Waals surface area contributed by atoms with Crippen LogP contribution in [0.3, 0.4) is 0 Å². The van der Waals surface area contributed by atoms with Gasteiger partial charge in [-0.05, 0) is 13.0 Å². The Kier molecular flexibility index (Phi) is 3.26. The van der Waals surface area contributed by atoms with Crippen LogP contribution in [0, 0.1) is 10.1 Å². The molecule has 0 aliphatic heterocycles. The van der Waals surface area contributed by atoms with Gasteiger partial charge in [0.15, 0.2) is 5.78 Å². The first kappa shape index (κ1) is 11.5. The number of aromatic hydroxyl groups is 1. The van der Waals surface area contributed by atoms with Gasteiger partial charge >= 0.3 is 0 Å². The fourth-order valence-electron chi connectivity index (χ4n) is 1.08. The van der Waals surface area contributed by atoms with E-state index in [1.807, 2.05) is 0 Å². The molecular formula is C9H8ClNO4. The topological polar surface area (TPSA) is 80.4 Å². The lowest BCUT2D eigenvalue weighted by Crippen LogP contribution is -2.02. The van der Waals surface area contributed by atoms with Crippen molar-refractivity contribution in [3.8, 4) is 5.75 Å². The lowest BCUT2D eigenvalue weighted by molar-refractivity contribution is -0.384. The van der Waals surface area contributed by atoms with Crippen LogP contribution in [0.15, 0.2) is 18.2 Å². The van der Waals surface area contributed by atoms with E-state index < -0.39 is 10.3 Å². The minimum Gasteiger partial charge on any atom is -0.507 e. The van der Waals surface area contributed by atoms with Crippen molar-refractivity contribution in [2.24, 2.45) is 0 Å². The summed E-state index contributed by atoms with van der Waals surface area (Å²) >= 11 is 5.70. The lowest BCUT2D eigenvalue weighted by atomic mass is 10.1. The van der Waals surface area contributed by atoms with Crippen LogP contribution in [-0.4, -0.2) is 15.8 Å². The standard InChI is InChI=1S/C9H8ClNO4/c1-5(12)9(10)7-3-2-6(11(14)15)4-8(7)13/h2-4,9,13H,1H3. The highest BCUT2D eigenvalue weighted by molar-refractivity contribution is 6.31. The first-order chi connectivity index (χ1) is 6.93. The van der Waals surface area contributed by atoms with E-state index in [1.54, 1.807) is 0 Å². The predicted octanol–water partition coefficient (Wildman–Crippen LogP) is 2.17. The van der Waals surface area contributed by atoms with Crippen molar-refractivity contribution in [2.75, 3.05) is 0 Å². The molecule has 1 atom stereocenters. The van der Waals surface area contributed by atoms with Crippen molar-refractivity contribution in [3.63, 3.8) is 0 Å². The Morgan fingerprint density at radius 2 is 2.20 bits per heavy atom. The van der Waals surface area contributed by atoms with Crippen LogP contribution in [0.5, 0.6) is 5.75 Å². The van der Waals surface area contributed by atoms with Gasteiger partial charge in [0.1, 0.15) is 11.1 Å². The maximum atomic E-state index is 10.9. The zero-order valence-corrected chi connectivity index (χ0v) is 8.56. The zero-order chi connectivity index (χ0) is 11.6. The Hall–Kier alpha value is -1.62. The number of ketones is 1. The molecule has 0 saturated carbocycles. The van der Waals surface area contributed by atoms with E-state index in [9.17, 15) is 20.0 Å². The molecule has 0 amide bonds. The molecule has 0 aliphatic carbocycles. The van der Waals surface area contributed by atoms with E-state index >= 15 is 0 Å². The van der Waals surface area contributed by atoms with Crippen LogP contribution in [0.1, 0.15) is 17.9 Å². The van der Waals surface area contributed by atoms with Gasteiger partial charge in [-0.3, -0.25) is 14.9 Å². The van der Waals surface area contributed by atoms with Gasteiger partial charge in [-0.15, -0.1) is 11.6 Å². The molecule has 1 rings (SSSR count). The van der Waals surface area contributed by atoms with Gasteiger partial charge in [-0.2, -0.15) is 0 Å². The Bertz CT molecular complexity index is 419. The number of carbonyl (C=O) groups excluding carboxylic acids is 1. The Morgan fingerprint density at radius 1 is 1.60 bits per heavy atom. The summed E-state index contributed by atoms with van der Waals surface area (Å²) < 4.78 is 0. The summed E-state index contributed by atoms with van der Waals surface area (Å²) in [4.78, 5) is 20.7. The minimum atomic E-state index is -0.981. The van der Waals surface area contributed by atoms with Crippen LogP contribution in [0.4, 0.5) is 5.69 Å². The molecule has 80 valence electrons. The number of rotatable bonds is 3. The minimum absolute atomic E-state index is 0.176. The van der Waals surface area contributed by atoms with Crippen molar-refractivity contribution in [2.45, 2.75) is 12.3 Å². The second-order valence-electron chi connectivity index (χ2n) is 2.97. The number of nitro groups is 1. The van der Waals surface area contributed by atoms with E-state index in [4.69, 9.17) is 11.6 Å². The first-order valence-corrected chi connectivity index (χ1v) is 4.49. The molecule has 0 heterocycles. The number of non-ortho nitro benzene ring substituents is 1. The summed E-state index contributed by atoms with van der Waals surface area (Å²) in [6, 6.07) is 3.42. The predicted molar refractivity (Wildman–Crippen MR) is 54.0 cm³/mol. The van der Waals surface area contributed by atoms with Crippen molar-refractivity contribution in [1.82, 2.24) is 0 Å². The van der Waals surface area contributed by atoms with Crippen molar-refractivity contribution in [1.29, 1.82) is 0 Å².